The first-order chi connectivity index (χ1) is 13.2. The predicted molar refractivity (Wildman–Crippen MR) is 106 cm³/mol. The average molecular weight is 405 g/mol. The molecule has 0 heterocycles. The average Bonchev–Trinajstić information content (AvgIpc) is 2.61. The lowest BCUT2D eigenvalue weighted by molar-refractivity contribution is 0.0529. The van der Waals surface area contributed by atoms with Crippen molar-refractivity contribution in [1.29, 1.82) is 0 Å². The molecule has 28 heavy (non-hydrogen) atoms. The zero-order valence-electron chi connectivity index (χ0n) is 16.0. The van der Waals surface area contributed by atoms with Crippen molar-refractivity contribution < 1.29 is 23.8 Å². The minimum atomic E-state index is -0.663. The number of hydrogen-bond acceptors (Lipinski definition) is 6. The quantitative estimate of drug-likeness (QED) is 0.345. The van der Waals surface area contributed by atoms with Crippen LogP contribution < -0.4 is 14.9 Å². The monoisotopic (exact) mass is 404 g/mol. The number of ether oxygens (including phenoxy) is 3. The lowest BCUT2D eigenvalue weighted by atomic mass is 10.2. The number of hydrazone groups is 1. The Kier molecular flexibility index (Phi) is 7.00. The summed E-state index contributed by atoms with van der Waals surface area (Å²) in [6.45, 7) is 5.27. The summed E-state index contributed by atoms with van der Waals surface area (Å²) in [6, 6.07) is 11.2. The maximum absolute atomic E-state index is 12.2. The first-order valence-electron chi connectivity index (χ1n) is 8.36. The summed E-state index contributed by atoms with van der Waals surface area (Å²) in [4.78, 5) is 23.8. The normalized spacial score (nSPS) is 11.2. The van der Waals surface area contributed by atoms with Gasteiger partial charge in [0.05, 0.1) is 18.9 Å². The van der Waals surface area contributed by atoms with Crippen molar-refractivity contribution in [2.24, 2.45) is 5.10 Å². The molecule has 2 aromatic carbocycles. The van der Waals surface area contributed by atoms with Crippen LogP contribution in [-0.2, 0) is 4.74 Å². The van der Waals surface area contributed by atoms with Crippen LogP contribution in [0.25, 0.3) is 0 Å². The number of halogens is 1. The molecule has 0 radical (unpaired) electrons. The van der Waals surface area contributed by atoms with Gasteiger partial charge in [0.25, 0.3) is 0 Å². The molecule has 1 N–H and O–H groups in total. The van der Waals surface area contributed by atoms with Gasteiger partial charge in [0.15, 0.2) is 11.5 Å². The number of carbonyl (C=O) groups is 2. The Morgan fingerprint density at radius 2 is 1.75 bits per heavy atom. The third kappa shape index (κ3) is 6.59. The second-order valence-corrected chi connectivity index (χ2v) is 7.12. The number of methoxy groups -OCH3 is 1. The molecule has 0 aliphatic rings. The molecule has 2 aromatic rings. The Bertz CT molecular complexity index is 873. The minimum Gasteiger partial charge on any atom is -0.493 e. The molecule has 0 aromatic heterocycles. The zero-order valence-corrected chi connectivity index (χ0v) is 16.7. The number of amides is 1. The summed E-state index contributed by atoms with van der Waals surface area (Å²) >= 11 is 5.82. The van der Waals surface area contributed by atoms with E-state index in [0.717, 1.165) is 0 Å². The molecule has 0 atom stereocenters. The SMILES string of the molecule is COc1cc(C=NNC(=O)OC(C)(C)C)ccc1OC(=O)c1ccc(Cl)cc1. The number of hydrogen-bond donors (Lipinski definition) is 1. The van der Waals surface area contributed by atoms with Crippen LogP contribution in [-0.4, -0.2) is 31.0 Å². The maximum Gasteiger partial charge on any atom is 0.428 e. The molecule has 1 amide bonds. The molecule has 0 unspecified atom stereocenters. The van der Waals surface area contributed by atoms with Crippen molar-refractivity contribution in [2.75, 3.05) is 7.11 Å². The molecule has 0 bridgehead atoms. The predicted octanol–water partition coefficient (Wildman–Crippen LogP) is 4.43. The molecular weight excluding hydrogens is 384 g/mol. The number of nitrogens with one attached hydrogen (secondary N) is 1. The van der Waals surface area contributed by atoms with Crippen LogP contribution in [0, 0.1) is 0 Å². The van der Waals surface area contributed by atoms with Crippen LogP contribution in [0.15, 0.2) is 47.6 Å². The summed E-state index contributed by atoms with van der Waals surface area (Å²) in [7, 11) is 1.45. The van der Waals surface area contributed by atoms with Crippen LogP contribution in [0.4, 0.5) is 4.79 Å². The lowest BCUT2D eigenvalue weighted by Gasteiger charge is -2.18. The van der Waals surface area contributed by atoms with Gasteiger partial charge in [-0.15, -0.1) is 0 Å². The van der Waals surface area contributed by atoms with Crippen molar-refractivity contribution in [3.8, 4) is 11.5 Å². The molecule has 0 fully saturated rings. The van der Waals surface area contributed by atoms with Crippen molar-refractivity contribution >= 4 is 29.9 Å². The van der Waals surface area contributed by atoms with Gasteiger partial charge in [0.1, 0.15) is 5.60 Å². The molecule has 0 saturated heterocycles. The number of esters is 1. The van der Waals surface area contributed by atoms with Crippen molar-refractivity contribution in [3.05, 3.63) is 58.6 Å². The highest BCUT2D eigenvalue weighted by atomic mass is 35.5. The first kappa shape index (κ1) is 21.2. The molecule has 0 saturated carbocycles. The minimum absolute atomic E-state index is 0.250. The van der Waals surface area contributed by atoms with Gasteiger partial charge in [0.2, 0.25) is 0 Å². The fourth-order valence-corrected chi connectivity index (χ4v) is 2.18. The molecule has 7 nitrogen and oxygen atoms in total. The summed E-state index contributed by atoms with van der Waals surface area (Å²) in [5, 5.41) is 4.35. The summed E-state index contributed by atoms with van der Waals surface area (Å²) < 4.78 is 15.7. The molecule has 148 valence electrons. The van der Waals surface area contributed by atoms with Gasteiger partial charge in [-0.25, -0.2) is 15.0 Å². The summed E-state index contributed by atoms with van der Waals surface area (Å²) in [5.41, 5.74) is 2.64. The van der Waals surface area contributed by atoms with E-state index in [1.807, 2.05) is 0 Å². The Hall–Kier alpha value is -3.06. The van der Waals surface area contributed by atoms with E-state index >= 15 is 0 Å². The molecular formula is C20H21ClN2O5. The third-order valence-corrected chi connectivity index (χ3v) is 3.49. The van der Waals surface area contributed by atoms with Gasteiger partial charge >= 0.3 is 12.1 Å². The van der Waals surface area contributed by atoms with E-state index in [9.17, 15) is 9.59 Å². The first-order valence-corrected chi connectivity index (χ1v) is 8.73. The lowest BCUT2D eigenvalue weighted by Crippen LogP contribution is -2.29. The van der Waals surface area contributed by atoms with Gasteiger partial charge < -0.3 is 14.2 Å². The number of rotatable bonds is 5. The topological polar surface area (TPSA) is 86.2 Å². The Labute approximate surface area is 168 Å². The number of benzene rings is 2. The van der Waals surface area contributed by atoms with E-state index < -0.39 is 17.7 Å². The van der Waals surface area contributed by atoms with E-state index in [-0.39, 0.29) is 5.75 Å². The molecule has 0 spiro atoms. The molecule has 2 rings (SSSR count). The van der Waals surface area contributed by atoms with Gasteiger partial charge in [-0.1, -0.05) is 11.6 Å². The van der Waals surface area contributed by atoms with Crippen LogP contribution >= 0.6 is 11.6 Å². The van der Waals surface area contributed by atoms with Gasteiger partial charge in [-0.3, -0.25) is 0 Å². The highest BCUT2D eigenvalue weighted by Crippen LogP contribution is 2.28. The smallest absolute Gasteiger partial charge is 0.428 e. The van der Waals surface area contributed by atoms with Crippen molar-refractivity contribution in [1.82, 2.24) is 5.43 Å². The van der Waals surface area contributed by atoms with Crippen LogP contribution in [0.2, 0.25) is 5.02 Å². The molecule has 8 heteroatoms. The Balaban J connectivity index is 2.05. The standard InChI is InChI=1S/C20H21ClN2O5/c1-20(2,3)28-19(25)23-22-12-13-5-10-16(17(11-13)26-4)27-18(24)14-6-8-15(21)9-7-14/h5-12H,1-4H3,(H,23,25). The van der Waals surface area contributed by atoms with Crippen molar-refractivity contribution in [2.45, 2.75) is 26.4 Å². The number of carbonyl (C=O) groups excluding carboxylic acids is 2. The van der Waals surface area contributed by atoms with E-state index in [1.54, 1.807) is 63.2 Å². The van der Waals surface area contributed by atoms with Crippen molar-refractivity contribution in [3.63, 3.8) is 0 Å². The maximum atomic E-state index is 12.2. The summed E-state index contributed by atoms with van der Waals surface area (Å²) in [5.74, 6) is 0.0474. The Morgan fingerprint density at radius 3 is 2.36 bits per heavy atom. The number of nitrogens with zero attached hydrogens (tertiary/aromatic N) is 1. The van der Waals surface area contributed by atoms with Gasteiger partial charge in [0, 0.05) is 5.02 Å². The second-order valence-electron chi connectivity index (χ2n) is 6.68. The summed E-state index contributed by atoms with van der Waals surface area (Å²) in [6.07, 6.45) is 0.751. The van der Waals surface area contributed by atoms with Gasteiger partial charge in [-0.05, 0) is 68.8 Å². The third-order valence-electron chi connectivity index (χ3n) is 3.24. The van der Waals surface area contributed by atoms with Gasteiger partial charge in [-0.2, -0.15) is 5.10 Å². The van der Waals surface area contributed by atoms with Crippen LogP contribution in [0.1, 0.15) is 36.7 Å². The highest BCUT2D eigenvalue weighted by Gasteiger charge is 2.15. The molecule has 0 aliphatic heterocycles. The largest absolute Gasteiger partial charge is 0.493 e. The Morgan fingerprint density at radius 1 is 1.07 bits per heavy atom. The fraction of sp³-hybridized carbons (Fsp3) is 0.250. The molecule has 0 aliphatic carbocycles. The fourth-order valence-electron chi connectivity index (χ4n) is 2.05. The van der Waals surface area contributed by atoms with Crippen LogP contribution in [0.3, 0.4) is 0 Å². The van der Waals surface area contributed by atoms with E-state index in [4.69, 9.17) is 25.8 Å². The highest BCUT2D eigenvalue weighted by molar-refractivity contribution is 6.30. The zero-order chi connectivity index (χ0) is 20.7. The van der Waals surface area contributed by atoms with E-state index in [1.165, 1.54) is 13.3 Å². The van der Waals surface area contributed by atoms with Crippen LogP contribution in [0.5, 0.6) is 11.5 Å². The second kappa shape index (κ2) is 9.23. The van der Waals surface area contributed by atoms with E-state index in [2.05, 4.69) is 10.5 Å². The van der Waals surface area contributed by atoms with E-state index in [0.29, 0.717) is 21.9 Å².